The minimum atomic E-state index is -0.509. The molecule has 2 rings (SSSR count). The average Bonchev–Trinajstić information content (AvgIpc) is 2.40. The predicted octanol–water partition coefficient (Wildman–Crippen LogP) is -0.0923. The number of aldehydes is 1. The van der Waals surface area contributed by atoms with E-state index < -0.39 is 11.2 Å². The number of benzene rings is 1. The minimum absolute atomic E-state index is 0.251. The first-order valence-corrected chi connectivity index (χ1v) is 5.31. The number of carbonyl (C=O) groups is 1. The predicted molar refractivity (Wildman–Crippen MR) is 66.1 cm³/mol. The first-order chi connectivity index (χ1) is 8.60. The van der Waals surface area contributed by atoms with Crippen LogP contribution in [-0.2, 0) is 18.4 Å². The molecule has 0 saturated heterocycles. The molecule has 6 heteroatoms. The summed E-state index contributed by atoms with van der Waals surface area (Å²) in [4.78, 5) is 34.5. The van der Waals surface area contributed by atoms with E-state index in [1.54, 1.807) is 25.2 Å². The van der Waals surface area contributed by atoms with Crippen LogP contribution in [0.4, 0.5) is 0 Å². The lowest BCUT2D eigenvalue weighted by Crippen LogP contribution is -2.39. The molecule has 1 aromatic carbocycles. The molecule has 0 aliphatic rings. The van der Waals surface area contributed by atoms with Gasteiger partial charge in [0, 0.05) is 7.05 Å². The van der Waals surface area contributed by atoms with E-state index >= 15 is 0 Å². The second-order valence-electron chi connectivity index (χ2n) is 3.81. The molecule has 0 aliphatic carbocycles. The summed E-state index contributed by atoms with van der Waals surface area (Å²) in [7, 11) is 3.05. The fourth-order valence-corrected chi connectivity index (χ4v) is 1.86. The van der Waals surface area contributed by atoms with E-state index in [0.717, 1.165) is 4.57 Å². The average molecular weight is 248 g/mol. The summed E-state index contributed by atoms with van der Waals surface area (Å²) in [6.45, 7) is -0.251. The van der Waals surface area contributed by atoms with Crippen LogP contribution in [0.15, 0.2) is 27.8 Å². The van der Waals surface area contributed by atoms with Gasteiger partial charge >= 0.3 is 5.69 Å². The van der Waals surface area contributed by atoms with Crippen molar-refractivity contribution in [2.45, 2.75) is 6.54 Å². The molecule has 0 atom stereocenters. The lowest BCUT2D eigenvalue weighted by molar-refractivity contribution is -0.108. The number of hydrogen-bond acceptors (Lipinski definition) is 4. The van der Waals surface area contributed by atoms with Gasteiger partial charge in [0.05, 0.1) is 24.6 Å². The van der Waals surface area contributed by atoms with Crippen molar-refractivity contribution in [3.63, 3.8) is 0 Å². The van der Waals surface area contributed by atoms with Gasteiger partial charge in [-0.3, -0.25) is 13.9 Å². The van der Waals surface area contributed by atoms with Gasteiger partial charge in [0.1, 0.15) is 12.0 Å². The molecule has 6 nitrogen and oxygen atoms in total. The highest BCUT2D eigenvalue weighted by Crippen LogP contribution is 2.16. The van der Waals surface area contributed by atoms with Crippen LogP contribution >= 0.6 is 0 Å². The zero-order chi connectivity index (χ0) is 13.3. The maximum atomic E-state index is 12.1. The van der Waals surface area contributed by atoms with Crippen molar-refractivity contribution in [2.24, 2.45) is 7.05 Å². The number of methoxy groups -OCH3 is 1. The molecule has 0 radical (unpaired) electrons. The van der Waals surface area contributed by atoms with Crippen molar-refractivity contribution in [1.82, 2.24) is 9.13 Å². The third kappa shape index (κ3) is 1.71. The Morgan fingerprint density at radius 2 is 2.06 bits per heavy atom. The molecule has 0 saturated carbocycles. The summed E-state index contributed by atoms with van der Waals surface area (Å²) < 4.78 is 7.27. The van der Waals surface area contributed by atoms with Gasteiger partial charge in [-0.05, 0) is 18.2 Å². The number of nitrogens with zero attached hydrogens (tertiary/aromatic N) is 2. The SMILES string of the molecule is COc1ccc2c(c1)c(=O)n(CC=O)c(=O)n2C. The standard InChI is InChI=1S/C12H12N2O4/c1-13-10-4-3-8(18-2)7-9(10)11(16)14(5-6-15)12(13)17/h3-4,6-7H,5H2,1-2H3. The highest BCUT2D eigenvalue weighted by Gasteiger charge is 2.11. The summed E-state index contributed by atoms with van der Waals surface area (Å²) >= 11 is 0. The van der Waals surface area contributed by atoms with E-state index in [1.165, 1.54) is 11.7 Å². The van der Waals surface area contributed by atoms with Crippen molar-refractivity contribution >= 4 is 17.2 Å². The van der Waals surface area contributed by atoms with Crippen LogP contribution in [0.3, 0.4) is 0 Å². The number of aromatic nitrogens is 2. The Balaban J connectivity index is 2.94. The van der Waals surface area contributed by atoms with Crippen LogP contribution in [0.25, 0.3) is 10.9 Å². The van der Waals surface area contributed by atoms with E-state index in [0.29, 0.717) is 22.9 Å². The van der Waals surface area contributed by atoms with Gasteiger partial charge in [-0.1, -0.05) is 0 Å². The summed E-state index contributed by atoms with van der Waals surface area (Å²) in [5, 5.41) is 0.346. The number of carbonyl (C=O) groups excluding carboxylic acids is 1. The molecule has 0 amide bonds. The van der Waals surface area contributed by atoms with Crippen molar-refractivity contribution in [1.29, 1.82) is 0 Å². The molecular formula is C12H12N2O4. The third-order valence-corrected chi connectivity index (χ3v) is 2.82. The molecule has 2 aromatic rings. The van der Waals surface area contributed by atoms with E-state index in [9.17, 15) is 14.4 Å². The van der Waals surface area contributed by atoms with Gasteiger partial charge < -0.3 is 9.53 Å². The minimum Gasteiger partial charge on any atom is -0.497 e. The number of fused-ring (bicyclic) bond motifs is 1. The number of ether oxygens (including phenoxy) is 1. The molecule has 1 heterocycles. The molecule has 0 bridgehead atoms. The second kappa shape index (κ2) is 4.48. The fourth-order valence-electron chi connectivity index (χ4n) is 1.86. The van der Waals surface area contributed by atoms with E-state index in [4.69, 9.17) is 4.74 Å². The lowest BCUT2D eigenvalue weighted by atomic mass is 10.2. The van der Waals surface area contributed by atoms with Crippen LogP contribution in [-0.4, -0.2) is 22.5 Å². The largest absolute Gasteiger partial charge is 0.497 e. The van der Waals surface area contributed by atoms with Gasteiger partial charge in [0.25, 0.3) is 5.56 Å². The summed E-state index contributed by atoms with van der Waals surface area (Å²) in [6, 6.07) is 4.87. The van der Waals surface area contributed by atoms with Crippen molar-refractivity contribution in [2.75, 3.05) is 7.11 Å². The van der Waals surface area contributed by atoms with Gasteiger partial charge in [0.15, 0.2) is 0 Å². The zero-order valence-electron chi connectivity index (χ0n) is 10.0. The highest BCUT2D eigenvalue weighted by molar-refractivity contribution is 5.79. The van der Waals surface area contributed by atoms with Crippen LogP contribution in [0.2, 0.25) is 0 Å². The quantitative estimate of drug-likeness (QED) is 0.712. The third-order valence-electron chi connectivity index (χ3n) is 2.82. The molecule has 0 fully saturated rings. The van der Waals surface area contributed by atoms with Crippen LogP contribution in [0.1, 0.15) is 0 Å². The Morgan fingerprint density at radius 3 is 2.67 bits per heavy atom. The Kier molecular flexibility index (Phi) is 3.01. The summed E-state index contributed by atoms with van der Waals surface area (Å²) in [5.74, 6) is 0.524. The van der Waals surface area contributed by atoms with Gasteiger partial charge in [0.2, 0.25) is 0 Å². The first kappa shape index (κ1) is 12.1. The molecule has 0 aliphatic heterocycles. The first-order valence-electron chi connectivity index (χ1n) is 5.31. The fraction of sp³-hybridized carbons (Fsp3) is 0.250. The molecule has 0 spiro atoms. The Morgan fingerprint density at radius 1 is 1.33 bits per heavy atom. The maximum Gasteiger partial charge on any atom is 0.331 e. The molecular weight excluding hydrogens is 236 g/mol. The van der Waals surface area contributed by atoms with Crippen molar-refractivity contribution < 1.29 is 9.53 Å². The maximum absolute atomic E-state index is 12.1. The van der Waals surface area contributed by atoms with E-state index in [1.807, 2.05) is 0 Å². The zero-order valence-corrected chi connectivity index (χ0v) is 10.0. The smallest absolute Gasteiger partial charge is 0.331 e. The Labute approximate surface area is 102 Å². The summed E-state index contributed by atoms with van der Waals surface area (Å²) in [5.41, 5.74) is -0.489. The summed E-state index contributed by atoms with van der Waals surface area (Å²) in [6.07, 6.45) is 0.523. The van der Waals surface area contributed by atoms with Crippen molar-refractivity contribution in [3.8, 4) is 5.75 Å². The number of rotatable bonds is 3. The topological polar surface area (TPSA) is 70.3 Å². The van der Waals surface area contributed by atoms with Crippen LogP contribution < -0.4 is 16.0 Å². The number of aryl methyl sites for hydroxylation is 1. The normalized spacial score (nSPS) is 10.6. The molecule has 0 N–H and O–H groups in total. The van der Waals surface area contributed by atoms with E-state index in [2.05, 4.69) is 0 Å². The number of hydrogen-bond donors (Lipinski definition) is 0. The van der Waals surface area contributed by atoms with E-state index in [-0.39, 0.29) is 6.54 Å². The molecule has 18 heavy (non-hydrogen) atoms. The van der Waals surface area contributed by atoms with Gasteiger partial charge in [-0.25, -0.2) is 4.79 Å². The second-order valence-corrected chi connectivity index (χ2v) is 3.81. The molecule has 94 valence electrons. The van der Waals surface area contributed by atoms with Crippen LogP contribution in [0.5, 0.6) is 5.75 Å². The molecule has 0 unspecified atom stereocenters. The molecule has 1 aromatic heterocycles. The highest BCUT2D eigenvalue weighted by atomic mass is 16.5. The Bertz CT molecular complexity index is 727. The van der Waals surface area contributed by atoms with Crippen LogP contribution in [0, 0.1) is 0 Å². The Hall–Kier alpha value is -2.37. The van der Waals surface area contributed by atoms with Crippen molar-refractivity contribution in [3.05, 3.63) is 39.0 Å². The monoisotopic (exact) mass is 248 g/mol. The van der Waals surface area contributed by atoms with Gasteiger partial charge in [-0.2, -0.15) is 0 Å². The lowest BCUT2D eigenvalue weighted by Gasteiger charge is -2.09. The van der Waals surface area contributed by atoms with Gasteiger partial charge in [-0.15, -0.1) is 0 Å².